The van der Waals surface area contributed by atoms with Gasteiger partial charge in [-0.2, -0.15) is 0 Å². The number of carbonyl (C=O) groups is 1. The van der Waals surface area contributed by atoms with Crippen molar-refractivity contribution in [1.29, 1.82) is 0 Å². The zero-order valence-electron chi connectivity index (χ0n) is 18.7. The molecule has 8 heteroatoms. The fraction of sp³-hybridized carbons (Fsp3) is 0.636. The van der Waals surface area contributed by atoms with E-state index in [9.17, 15) is 4.79 Å². The van der Waals surface area contributed by atoms with Crippen LogP contribution < -0.4 is 16.0 Å². The lowest BCUT2D eigenvalue weighted by Crippen LogP contribution is -2.43. The molecule has 1 atom stereocenters. The van der Waals surface area contributed by atoms with Gasteiger partial charge in [0.15, 0.2) is 5.96 Å². The molecule has 3 N–H and O–H groups in total. The molecular weight excluding hydrogens is 493 g/mol. The summed E-state index contributed by atoms with van der Waals surface area (Å²) in [5.74, 6) is 0.780. The van der Waals surface area contributed by atoms with Gasteiger partial charge in [-0.05, 0) is 58.7 Å². The molecule has 1 fully saturated rings. The molecule has 7 nitrogen and oxygen atoms in total. The number of nitrogens with zero attached hydrogens (tertiary/aromatic N) is 2. The maximum atomic E-state index is 11.7. The highest BCUT2D eigenvalue weighted by Gasteiger charge is 2.23. The van der Waals surface area contributed by atoms with Gasteiger partial charge in [0.05, 0.1) is 6.04 Å². The number of guanidine groups is 1. The quantitative estimate of drug-likeness (QED) is 0.207. The van der Waals surface area contributed by atoms with Crippen molar-refractivity contribution in [1.82, 2.24) is 20.9 Å². The number of nitrogens with one attached hydrogen (secondary N) is 3. The summed E-state index contributed by atoms with van der Waals surface area (Å²) in [4.78, 5) is 18.5. The second-order valence-electron chi connectivity index (χ2n) is 8.33. The average molecular weight is 531 g/mol. The summed E-state index contributed by atoms with van der Waals surface area (Å²) in [5, 5.41) is 9.55. The Bertz CT molecular complexity index is 643. The SMILES string of the molecule is CN=C(NCCCNC(=O)OC(C)(C)C)NCC(c1ccccc1)N1CCCC1.I. The molecule has 1 aliphatic rings. The van der Waals surface area contributed by atoms with E-state index in [1.54, 1.807) is 7.05 Å². The Balaban J connectivity index is 0.00000450. The molecule has 0 saturated carbocycles. The number of alkyl carbamates (subject to hydrolysis) is 1. The molecule has 1 aromatic rings. The highest BCUT2D eigenvalue weighted by atomic mass is 127. The Morgan fingerprint density at radius 1 is 1.10 bits per heavy atom. The molecule has 1 unspecified atom stereocenters. The molecular formula is C22H38IN5O2. The minimum absolute atomic E-state index is 0. The number of benzene rings is 1. The van der Waals surface area contributed by atoms with Gasteiger partial charge in [0, 0.05) is 26.7 Å². The van der Waals surface area contributed by atoms with Gasteiger partial charge in [-0.15, -0.1) is 24.0 Å². The second kappa shape index (κ2) is 13.7. The van der Waals surface area contributed by atoms with Crippen molar-refractivity contribution in [3.63, 3.8) is 0 Å². The van der Waals surface area contributed by atoms with Crippen LogP contribution in [0, 0.1) is 0 Å². The Morgan fingerprint density at radius 2 is 1.73 bits per heavy atom. The standard InChI is InChI=1S/C22H37N5O2.HI/c1-22(2,3)29-21(28)25-14-10-13-24-20(23-4)26-17-19(27-15-8-9-16-27)18-11-6-5-7-12-18;/h5-7,11-12,19H,8-10,13-17H2,1-4H3,(H,25,28)(H2,23,24,26);1H. The monoisotopic (exact) mass is 531 g/mol. The molecule has 1 saturated heterocycles. The third-order valence-corrected chi connectivity index (χ3v) is 4.77. The summed E-state index contributed by atoms with van der Waals surface area (Å²) < 4.78 is 5.23. The van der Waals surface area contributed by atoms with E-state index in [-0.39, 0.29) is 30.1 Å². The Hall–Kier alpha value is -1.55. The van der Waals surface area contributed by atoms with Crippen molar-refractivity contribution in [3.05, 3.63) is 35.9 Å². The first kappa shape index (κ1) is 26.5. The number of hydrogen-bond donors (Lipinski definition) is 3. The minimum Gasteiger partial charge on any atom is -0.444 e. The van der Waals surface area contributed by atoms with E-state index >= 15 is 0 Å². The fourth-order valence-electron chi connectivity index (χ4n) is 3.40. The summed E-state index contributed by atoms with van der Waals surface area (Å²) >= 11 is 0. The van der Waals surface area contributed by atoms with Gasteiger partial charge in [-0.1, -0.05) is 30.3 Å². The summed E-state index contributed by atoms with van der Waals surface area (Å²) in [6.07, 6.45) is 2.94. The van der Waals surface area contributed by atoms with Crippen LogP contribution in [0.1, 0.15) is 51.6 Å². The van der Waals surface area contributed by atoms with E-state index in [4.69, 9.17) is 4.74 Å². The minimum atomic E-state index is -0.473. The van der Waals surface area contributed by atoms with E-state index in [0.29, 0.717) is 12.6 Å². The Kier molecular flexibility index (Phi) is 12.1. The molecule has 0 radical (unpaired) electrons. The molecule has 1 amide bonds. The summed E-state index contributed by atoms with van der Waals surface area (Å²) in [6.45, 7) is 9.93. The number of rotatable bonds is 8. The van der Waals surface area contributed by atoms with Crippen LogP contribution in [0.25, 0.3) is 0 Å². The van der Waals surface area contributed by atoms with Gasteiger partial charge in [0.2, 0.25) is 0 Å². The first-order valence-electron chi connectivity index (χ1n) is 10.6. The van der Waals surface area contributed by atoms with Crippen molar-refractivity contribution in [2.24, 2.45) is 4.99 Å². The predicted molar refractivity (Wildman–Crippen MR) is 134 cm³/mol. The lowest BCUT2D eigenvalue weighted by atomic mass is 10.1. The number of aliphatic imine (C=N–C) groups is 1. The molecule has 2 rings (SSSR count). The van der Waals surface area contributed by atoms with Gasteiger partial charge in [-0.25, -0.2) is 4.79 Å². The van der Waals surface area contributed by atoms with E-state index in [1.165, 1.54) is 18.4 Å². The van der Waals surface area contributed by atoms with Crippen molar-refractivity contribution in [2.45, 2.75) is 51.7 Å². The normalized spacial score (nSPS) is 15.8. The Labute approximate surface area is 198 Å². The lowest BCUT2D eigenvalue weighted by molar-refractivity contribution is 0.0527. The van der Waals surface area contributed by atoms with Crippen molar-refractivity contribution >= 4 is 36.0 Å². The maximum Gasteiger partial charge on any atom is 0.407 e. The number of carbonyl (C=O) groups excluding carboxylic acids is 1. The zero-order chi connectivity index (χ0) is 21.1. The van der Waals surface area contributed by atoms with Crippen LogP contribution in [0.15, 0.2) is 35.3 Å². The van der Waals surface area contributed by atoms with Crippen molar-refractivity contribution in [2.75, 3.05) is 39.8 Å². The van der Waals surface area contributed by atoms with E-state index in [2.05, 4.69) is 56.2 Å². The van der Waals surface area contributed by atoms with Crippen LogP contribution in [-0.2, 0) is 4.74 Å². The van der Waals surface area contributed by atoms with Gasteiger partial charge < -0.3 is 20.7 Å². The largest absolute Gasteiger partial charge is 0.444 e. The van der Waals surface area contributed by atoms with Crippen molar-refractivity contribution < 1.29 is 9.53 Å². The van der Waals surface area contributed by atoms with Crippen LogP contribution in [0.4, 0.5) is 4.79 Å². The first-order chi connectivity index (χ1) is 13.9. The van der Waals surface area contributed by atoms with Crippen LogP contribution in [-0.4, -0.2) is 62.3 Å². The first-order valence-corrected chi connectivity index (χ1v) is 10.6. The van der Waals surface area contributed by atoms with Gasteiger partial charge in [0.1, 0.15) is 5.60 Å². The van der Waals surface area contributed by atoms with Gasteiger partial charge >= 0.3 is 6.09 Å². The van der Waals surface area contributed by atoms with Gasteiger partial charge in [-0.3, -0.25) is 9.89 Å². The van der Waals surface area contributed by atoms with E-state index in [0.717, 1.165) is 38.6 Å². The number of likely N-dealkylation sites (tertiary alicyclic amines) is 1. The van der Waals surface area contributed by atoms with Crippen LogP contribution >= 0.6 is 24.0 Å². The van der Waals surface area contributed by atoms with Crippen LogP contribution in [0.3, 0.4) is 0 Å². The number of hydrogen-bond acceptors (Lipinski definition) is 4. The highest BCUT2D eigenvalue weighted by Crippen LogP contribution is 2.24. The number of halogens is 1. The molecule has 1 aliphatic heterocycles. The molecule has 0 aliphatic carbocycles. The molecule has 0 bridgehead atoms. The van der Waals surface area contributed by atoms with Crippen LogP contribution in [0.5, 0.6) is 0 Å². The fourth-order valence-corrected chi connectivity index (χ4v) is 3.40. The molecule has 0 spiro atoms. The smallest absolute Gasteiger partial charge is 0.407 e. The third kappa shape index (κ3) is 9.97. The predicted octanol–water partition coefficient (Wildman–Crippen LogP) is 3.52. The molecule has 0 aromatic heterocycles. The van der Waals surface area contributed by atoms with Gasteiger partial charge in [0.25, 0.3) is 0 Å². The average Bonchev–Trinajstić information content (AvgIpc) is 3.20. The Morgan fingerprint density at radius 3 is 2.33 bits per heavy atom. The van der Waals surface area contributed by atoms with E-state index in [1.807, 2.05) is 20.8 Å². The topological polar surface area (TPSA) is 78.0 Å². The highest BCUT2D eigenvalue weighted by molar-refractivity contribution is 14.0. The van der Waals surface area contributed by atoms with E-state index < -0.39 is 5.60 Å². The molecule has 30 heavy (non-hydrogen) atoms. The molecule has 1 heterocycles. The second-order valence-corrected chi connectivity index (χ2v) is 8.33. The summed E-state index contributed by atoms with van der Waals surface area (Å²) in [6, 6.07) is 11.0. The van der Waals surface area contributed by atoms with Crippen molar-refractivity contribution in [3.8, 4) is 0 Å². The van der Waals surface area contributed by atoms with Crippen LogP contribution in [0.2, 0.25) is 0 Å². The maximum absolute atomic E-state index is 11.7. The summed E-state index contributed by atoms with van der Waals surface area (Å²) in [7, 11) is 1.78. The number of amides is 1. The molecule has 170 valence electrons. The molecule has 1 aromatic carbocycles. The lowest BCUT2D eigenvalue weighted by Gasteiger charge is -2.29. The third-order valence-electron chi connectivity index (χ3n) is 4.77. The summed E-state index contributed by atoms with van der Waals surface area (Å²) in [5.41, 5.74) is 0.859. The number of ether oxygens (including phenoxy) is 1. The zero-order valence-corrected chi connectivity index (χ0v) is 21.1.